The number of non-ortho nitro benzene ring substituents is 1. The number of nitro groups is 2. The summed E-state index contributed by atoms with van der Waals surface area (Å²) >= 11 is 0. The highest BCUT2D eigenvalue weighted by Crippen LogP contribution is 2.33. The number of aromatic hydroxyl groups is 1. The molecule has 0 aliphatic heterocycles. The van der Waals surface area contributed by atoms with E-state index in [1.165, 1.54) is 0 Å². The third-order valence-electron chi connectivity index (χ3n) is 2.75. The smallest absolute Gasteiger partial charge is 0.318 e. The fourth-order valence-electron chi connectivity index (χ4n) is 1.57. The van der Waals surface area contributed by atoms with Gasteiger partial charge in [-0.2, -0.15) is 5.10 Å². The van der Waals surface area contributed by atoms with E-state index >= 15 is 0 Å². The zero-order chi connectivity index (χ0) is 17.1. The first-order valence-corrected chi connectivity index (χ1v) is 5.93. The minimum Gasteiger partial charge on any atom is -0.502 e. The van der Waals surface area contributed by atoms with E-state index in [0.717, 1.165) is 17.0 Å². The van der Waals surface area contributed by atoms with Gasteiger partial charge >= 0.3 is 5.69 Å². The average molecular weight is 322 g/mol. The Labute approximate surface area is 127 Å². The topological polar surface area (TPSA) is 188 Å². The number of benzene rings is 1. The quantitative estimate of drug-likeness (QED) is 0.300. The number of aryl methyl sites for hydroxylation is 1. The molecule has 0 radical (unpaired) electrons. The monoisotopic (exact) mass is 322 g/mol. The Morgan fingerprint density at radius 3 is 2.57 bits per heavy atom. The Morgan fingerprint density at radius 1 is 1.35 bits per heavy atom. The predicted octanol–water partition coefficient (Wildman–Crippen LogP) is 0.268. The summed E-state index contributed by atoms with van der Waals surface area (Å²) in [6.07, 6.45) is 0.958. The number of nitrogens with two attached hydrogens (primary N) is 1. The van der Waals surface area contributed by atoms with Crippen molar-refractivity contribution in [1.82, 2.24) is 14.9 Å². The number of nitrogens with zero attached hydrogens (tertiary/aromatic N) is 6. The first-order valence-electron chi connectivity index (χ1n) is 5.93. The van der Waals surface area contributed by atoms with Crippen molar-refractivity contribution in [2.24, 2.45) is 5.10 Å². The lowest BCUT2D eigenvalue weighted by Gasteiger charge is -2.02. The highest BCUT2D eigenvalue weighted by molar-refractivity contribution is 5.87. The van der Waals surface area contributed by atoms with E-state index in [4.69, 9.17) is 5.84 Å². The molecular formula is C10H10N8O5. The molecule has 0 aliphatic carbocycles. The van der Waals surface area contributed by atoms with Crippen molar-refractivity contribution in [3.63, 3.8) is 0 Å². The minimum atomic E-state index is -0.938. The largest absolute Gasteiger partial charge is 0.502 e. The first-order chi connectivity index (χ1) is 10.8. The van der Waals surface area contributed by atoms with Crippen molar-refractivity contribution in [3.05, 3.63) is 43.7 Å². The number of nitrogens with one attached hydrogen (secondary N) is 1. The van der Waals surface area contributed by atoms with Gasteiger partial charge in [0.2, 0.25) is 5.75 Å². The molecule has 0 unspecified atom stereocenters. The first kappa shape index (κ1) is 15.6. The van der Waals surface area contributed by atoms with Crippen LogP contribution in [0.1, 0.15) is 11.4 Å². The summed E-state index contributed by atoms with van der Waals surface area (Å²) < 4.78 is 1.09. The average Bonchev–Trinajstić information content (AvgIpc) is 2.80. The molecule has 120 valence electrons. The van der Waals surface area contributed by atoms with E-state index in [1.807, 2.05) is 0 Å². The number of anilines is 1. The molecule has 0 amide bonds. The summed E-state index contributed by atoms with van der Waals surface area (Å²) in [6.45, 7) is 1.59. The van der Waals surface area contributed by atoms with Gasteiger partial charge in [0, 0.05) is 6.07 Å². The van der Waals surface area contributed by atoms with Crippen molar-refractivity contribution >= 4 is 23.5 Å². The van der Waals surface area contributed by atoms with E-state index in [1.54, 1.807) is 6.92 Å². The van der Waals surface area contributed by atoms with Gasteiger partial charge in [0.15, 0.2) is 5.82 Å². The van der Waals surface area contributed by atoms with Gasteiger partial charge in [0.05, 0.1) is 27.7 Å². The van der Waals surface area contributed by atoms with E-state index < -0.39 is 27.0 Å². The summed E-state index contributed by atoms with van der Waals surface area (Å²) in [6, 6.07) is 1.59. The maximum absolute atomic E-state index is 10.8. The second-order valence-electron chi connectivity index (χ2n) is 4.23. The van der Waals surface area contributed by atoms with Gasteiger partial charge in [0.25, 0.3) is 11.6 Å². The van der Waals surface area contributed by atoms with Crippen LogP contribution in [0, 0.1) is 27.2 Å². The molecule has 0 saturated carbocycles. The fourth-order valence-corrected chi connectivity index (χ4v) is 1.57. The van der Waals surface area contributed by atoms with Crippen LogP contribution in [0.4, 0.5) is 17.3 Å². The van der Waals surface area contributed by atoms with Gasteiger partial charge in [-0.1, -0.05) is 0 Å². The van der Waals surface area contributed by atoms with Crippen LogP contribution in [0.15, 0.2) is 17.2 Å². The Balaban J connectivity index is 2.34. The molecule has 0 spiro atoms. The Bertz CT molecular complexity index is 814. The lowest BCUT2D eigenvalue weighted by Crippen LogP contribution is -2.13. The molecule has 0 aliphatic rings. The molecule has 1 heterocycles. The molecular weight excluding hydrogens is 312 g/mol. The van der Waals surface area contributed by atoms with Crippen molar-refractivity contribution in [2.75, 3.05) is 11.3 Å². The van der Waals surface area contributed by atoms with E-state index in [-0.39, 0.29) is 11.5 Å². The standard InChI is InChI=1S/C10H10N8O5/c1-5-13-15-10(16(5)11)14-12-4-6-2-7(17(20)21)3-8(9(6)19)18(22)23/h2-4,19H,11H2,1H3,(H,14,15)/b12-4+. The number of hydrazone groups is 1. The van der Waals surface area contributed by atoms with Gasteiger partial charge < -0.3 is 10.9 Å². The molecule has 0 atom stereocenters. The lowest BCUT2D eigenvalue weighted by molar-refractivity contribution is -0.394. The van der Waals surface area contributed by atoms with Crippen LogP contribution in [-0.4, -0.2) is 36.0 Å². The van der Waals surface area contributed by atoms with Crippen LogP contribution in [0.2, 0.25) is 0 Å². The molecule has 0 fully saturated rings. The number of hydrogen-bond acceptors (Lipinski definition) is 10. The van der Waals surface area contributed by atoms with Crippen LogP contribution in [0.3, 0.4) is 0 Å². The SMILES string of the molecule is Cc1nnc(N/N=C/c2cc([N+](=O)[O-])cc([N+](=O)[O-])c2O)n1N. The van der Waals surface area contributed by atoms with E-state index in [0.29, 0.717) is 11.9 Å². The van der Waals surface area contributed by atoms with Gasteiger partial charge in [-0.25, -0.2) is 10.1 Å². The summed E-state index contributed by atoms with van der Waals surface area (Å²) in [5, 5.41) is 42.3. The second kappa shape index (κ2) is 5.92. The summed E-state index contributed by atoms with van der Waals surface area (Å²) in [5.41, 5.74) is 0.798. The number of nitrogen functional groups attached to an aromatic ring is 1. The van der Waals surface area contributed by atoms with Crippen molar-refractivity contribution in [1.29, 1.82) is 0 Å². The number of nitro benzene ring substituents is 2. The number of rotatable bonds is 5. The third-order valence-corrected chi connectivity index (χ3v) is 2.75. The van der Waals surface area contributed by atoms with Gasteiger partial charge in [0.1, 0.15) is 0 Å². The second-order valence-corrected chi connectivity index (χ2v) is 4.23. The number of aromatic nitrogens is 3. The molecule has 23 heavy (non-hydrogen) atoms. The third kappa shape index (κ3) is 3.12. The van der Waals surface area contributed by atoms with Crippen molar-refractivity contribution < 1.29 is 15.0 Å². The minimum absolute atomic E-state index is 0.0678. The maximum Gasteiger partial charge on any atom is 0.318 e. The molecule has 1 aromatic heterocycles. The molecule has 0 bridgehead atoms. The molecule has 2 aromatic rings. The maximum atomic E-state index is 10.8. The number of phenols is 1. The summed E-state index contributed by atoms with van der Waals surface area (Å²) in [4.78, 5) is 19.8. The van der Waals surface area contributed by atoms with Crippen LogP contribution < -0.4 is 11.3 Å². The van der Waals surface area contributed by atoms with Gasteiger partial charge in [-0.15, -0.1) is 10.2 Å². The number of hydrogen-bond donors (Lipinski definition) is 3. The molecule has 2 rings (SSSR count). The molecule has 1 aromatic carbocycles. The molecule has 4 N–H and O–H groups in total. The Morgan fingerprint density at radius 2 is 2.04 bits per heavy atom. The predicted molar refractivity (Wildman–Crippen MR) is 77.5 cm³/mol. The summed E-state index contributed by atoms with van der Waals surface area (Å²) in [5.74, 6) is 5.28. The highest BCUT2D eigenvalue weighted by Gasteiger charge is 2.23. The van der Waals surface area contributed by atoms with Crippen molar-refractivity contribution in [2.45, 2.75) is 6.92 Å². The zero-order valence-corrected chi connectivity index (χ0v) is 11.6. The Kier molecular flexibility index (Phi) is 4.02. The number of phenolic OH excluding ortho intramolecular Hbond substituents is 1. The van der Waals surface area contributed by atoms with Crippen LogP contribution >= 0.6 is 0 Å². The van der Waals surface area contributed by atoms with E-state index in [2.05, 4.69) is 20.7 Å². The molecule has 13 nitrogen and oxygen atoms in total. The van der Waals surface area contributed by atoms with Crippen LogP contribution in [0.25, 0.3) is 0 Å². The fraction of sp³-hybridized carbons (Fsp3) is 0.100. The van der Waals surface area contributed by atoms with Crippen LogP contribution in [-0.2, 0) is 0 Å². The van der Waals surface area contributed by atoms with Crippen LogP contribution in [0.5, 0.6) is 5.75 Å². The van der Waals surface area contributed by atoms with Crippen molar-refractivity contribution in [3.8, 4) is 5.75 Å². The highest BCUT2D eigenvalue weighted by atomic mass is 16.6. The summed E-state index contributed by atoms with van der Waals surface area (Å²) in [7, 11) is 0. The lowest BCUT2D eigenvalue weighted by atomic mass is 10.1. The molecule has 13 heteroatoms. The zero-order valence-electron chi connectivity index (χ0n) is 11.6. The van der Waals surface area contributed by atoms with E-state index in [9.17, 15) is 25.3 Å². The Hall–Kier alpha value is -3.77. The molecule has 0 saturated heterocycles. The van der Waals surface area contributed by atoms with Gasteiger partial charge in [-0.3, -0.25) is 20.2 Å². The van der Waals surface area contributed by atoms with Gasteiger partial charge in [-0.05, 0) is 6.92 Å². The normalized spacial score (nSPS) is 10.8.